The van der Waals surface area contributed by atoms with E-state index in [0.29, 0.717) is 6.54 Å². The lowest BCUT2D eigenvalue weighted by atomic mass is 10.2. The largest absolute Gasteiger partial charge is 0.495 e. The first-order valence-corrected chi connectivity index (χ1v) is 7.92. The number of methoxy groups -OCH3 is 1. The lowest BCUT2D eigenvalue weighted by molar-refractivity contribution is 0.407. The van der Waals surface area contributed by atoms with Crippen LogP contribution in [0, 0.1) is 0 Å². The van der Waals surface area contributed by atoms with Crippen molar-refractivity contribution in [2.45, 2.75) is 19.9 Å². The van der Waals surface area contributed by atoms with Gasteiger partial charge in [0.15, 0.2) is 0 Å². The first-order valence-electron chi connectivity index (χ1n) is 6.33. The molecule has 4 nitrogen and oxygen atoms in total. The van der Waals surface area contributed by atoms with E-state index in [-0.39, 0.29) is 0 Å². The maximum Gasteiger partial charge on any atom is 0.138 e. The molecule has 1 aromatic heterocycles. The van der Waals surface area contributed by atoms with Crippen molar-refractivity contribution >= 4 is 37.5 Å². The molecule has 0 saturated carbocycles. The Labute approximate surface area is 135 Å². The van der Waals surface area contributed by atoms with Crippen LogP contribution in [0.15, 0.2) is 27.3 Å². The topological polar surface area (TPSA) is 39.1 Å². The first-order chi connectivity index (χ1) is 9.55. The molecule has 20 heavy (non-hydrogen) atoms. The molecule has 108 valence electrons. The number of rotatable bonds is 5. The van der Waals surface area contributed by atoms with Crippen LogP contribution in [-0.4, -0.2) is 16.9 Å². The van der Waals surface area contributed by atoms with Gasteiger partial charge in [0.05, 0.1) is 23.0 Å². The summed E-state index contributed by atoms with van der Waals surface area (Å²) in [6.45, 7) is 2.78. The predicted octanol–water partition coefficient (Wildman–Crippen LogP) is 4.13. The highest BCUT2D eigenvalue weighted by Gasteiger charge is 2.11. The van der Waals surface area contributed by atoms with E-state index in [2.05, 4.69) is 55.3 Å². The summed E-state index contributed by atoms with van der Waals surface area (Å²) < 4.78 is 9.24. The number of anilines is 1. The van der Waals surface area contributed by atoms with E-state index in [1.807, 2.05) is 24.0 Å². The molecule has 0 saturated heterocycles. The number of halogens is 2. The SMILES string of the molecule is CCc1nn(C)cc1NCc1cc(Br)cc(Br)c1OC. The van der Waals surface area contributed by atoms with Crippen molar-refractivity contribution in [1.29, 1.82) is 0 Å². The first kappa shape index (κ1) is 15.4. The van der Waals surface area contributed by atoms with Gasteiger partial charge >= 0.3 is 0 Å². The molecule has 1 aromatic carbocycles. The van der Waals surface area contributed by atoms with Gasteiger partial charge < -0.3 is 10.1 Å². The van der Waals surface area contributed by atoms with E-state index in [4.69, 9.17) is 4.74 Å². The maximum absolute atomic E-state index is 5.45. The van der Waals surface area contributed by atoms with Crippen molar-refractivity contribution < 1.29 is 4.74 Å². The highest BCUT2D eigenvalue weighted by atomic mass is 79.9. The fourth-order valence-corrected chi connectivity index (χ4v) is 3.58. The van der Waals surface area contributed by atoms with Gasteiger partial charge in [0, 0.05) is 29.8 Å². The zero-order chi connectivity index (χ0) is 14.7. The fourth-order valence-electron chi connectivity index (χ4n) is 2.11. The molecule has 0 spiro atoms. The summed E-state index contributed by atoms with van der Waals surface area (Å²) in [7, 11) is 3.61. The average molecular weight is 403 g/mol. The Hall–Kier alpha value is -1.01. The van der Waals surface area contributed by atoms with E-state index in [1.54, 1.807) is 7.11 Å². The minimum absolute atomic E-state index is 0.680. The molecular formula is C14H17Br2N3O. The van der Waals surface area contributed by atoms with Crippen molar-refractivity contribution in [2.75, 3.05) is 12.4 Å². The van der Waals surface area contributed by atoms with Crippen LogP contribution in [0.2, 0.25) is 0 Å². The molecule has 0 aliphatic carbocycles. The third-order valence-corrected chi connectivity index (χ3v) is 4.05. The summed E-state index contributed by atoms with van der Waals surface area (Å²) in [5, 5.41) is 7.85. The third-order valence-electron chi connectivity index (χ3n) is 3.00. The Morgan fingerprint density at radius 2 is 2.10 bits per heavy atom. The highest BCUT2D eigenvalue weighted by molar-refractivity contribution is 9.11. The Bertz CT molecular complexity index is 611. The van der Waals surface area contributed by atoms with E-state index in [1.165, 1.54) is 0 Å². The van der Waals surface area contributed by atoms with Gasteiger partial charge in [-0.15, -0.1) is 0 Å². The van der Waals surface area contributed by atoms with Gasteiger partial charge in [-0.05, 0) is 34.5 Å². The smallest absolute Gasteiger partial charge is 0.138 e. The minimum Gasteiger partial charge on any atom is -0.495 e. The number of benzene rings is 1. The second kappa shape index (κ2) is 6.63. The summed E-state index contributed by atoms with van der Waals surface area (Å²) in [5.74, 6) is 0.850. The van der Waals surface area contributed by atoms with Crippen LogP contribution >= 0.6 is 31.9 Å². The zero-order valence-electron chi connectivity index (χ0n) is 11.7. The number of hydrogen-bond donors (Lipinski definition) is 1. The van der Waals surface area contributed by atoms with Crippen molar-refractivity contribution in [3.05, 3.63) is 38.5 Å². The van der Waals surface area contributed by atoms with E-state index < -0.39 is 0 Å². The van der Waals surface area contributed by atoms with E-state index in [0.717, 1.165) is 38.1 Å². The summed E-state index contributed by atoms with van der Waals surface area (Å²) in [4.78, 5) is 0. The quantitative estimate of drug-likeness (QED) is 0.817. The molecule has 0 aliphatic heterocycles. The molecule has 0 amide bonds. The van der Waals surface area contributed by atoms with Crippen LogP contribution in [0.4, 0.5) is 5.69 Å². The van der Waals surface area contributed by atoms with Gasteiger partial charge in [-0.3, -0.25) is 4.68 Å². The van der Waals surface area contributed by atoms with Gasteiger partial charge in [-0.25, -0.2) is 0 Å². The molecule has 0 aliphatic rings. The van der Waals surface area contributed by atoms with Crippen LogP contribution < -0.4 is 10.1 Å². The van der Waals surface area contributed by atoms with Crippen molar-refractivity contribution in [2.24, 2.45) is 7.05 Å². The summed E-state index contributed by atoms with van der Waals surface area (Å²) >= 11 is 7.02. The molecule has 1 N–H and O–H groups in total. The van der Waals surface area contributed by atoms with Crippen molar-refractivity contribution in [3.63, 3.8) is 0 Å². The number of hydrogen-bond acceptors (Lipinski definition) is 3. The predicted molar refractivity (Wildman–Crippen MR) is 88.3 cm³/mol. The van der Waals surface area contributed by atoms with Gasteiger partial charge in [-0.2, -0.15) is 5.10 Å². The number of nitrogens with zero attached hydrogens (tertiary/aromatic N) is 2. The molecule has 0 radical (unpaired) electrons. The van der Waals surface area contributed by atoms with E-state index >= 15 is 0 Å². The van der Waals surface area contributed by atoms with Crippen LogP contribution in [0.25, 0.3) is 0 Å². The van der Waals surface area contributed by atoms with Crippen LogP contribution in [0.1, 0.15) is 18.2 Å². The zero-order valence-corrected chi connectivity index (χ0v) is 14.9. The summed E-state index contributed by atoms with van der Waals surface area (Å²) in [5.41, 5.74) is 3.22. The second-order valence-electron chi connectivity index (χ2n) is 4.45. The Kier molecular flexibility index (Phi) is 5.10. The number of nitrogens with one attached hydrogen (secondary N) is 1. The van der Waals surface area contributed by atoms with Gasteiger partial charge in [-0.1, -0.05) is 22.9 Å². The molecule has 1 heterocycles. The number of aryl methyl sites for hydroxylation is 2. The van der Waals surface area contributed by atoms with Gasteiger partial charge in [0.1, 0.15) is 5.75 Å². The number of aromatic nitrogens is 2. The van der Waals surface area contributed by atoms with Crippen molar-refractivity contribution in [1.82, 2.24) is 9.78 Å². The minimum atomic E-state index is 0.680. The van der Waals surface area contributed by atoms with Gasteiger partial charge in [0.2, 0.25) is 0 Å². The molecular weight excluding hydrogens is 386 g/mol. The Morgan fingerprint density at radius 1 is 1.35 bits per heavy atom. The molecule has 2 aromatic rings. The Morgan fingerprint density at radius 3 is 2.75 bits per heavy atom. The highest BCUT2D eigenvalue weighted by Crippen LogP contribution is 2.33. The standard InChI is InChI=1S/C14H17Br2N3O/c1-4-12-13(8-19(2)18-12)17-7-9-5-10(15)6-11(16)14(9)20-3/h5-6,8,17H,4,7H2,1-3H3. The Balaban J connectivity index is 2.22. The maximum atomic E-state index is 5.45. The monoisotopic (exact) mass is 401 g/mol. The van der Waals surface area contributed by atoms with Crippen LogP contribution in [0.5, 0.6) is 5.75 Å². The average Bonchev–Trinajstić information content (AvgIpc) is 2.76. The van der Waals surface area contributed by atoms with Crippen LogP contribution in [-0.2, 0) is 20.0 Å². The normalized spacial score (nSPS) is 10.7. The lowest BCUT2D eigenvalue weighted by Gasteiger charge is -2.12. The lowest BCUT2D eigenvalue weighted by Crippen LogP contribution is -2.03. The van der Waals surface area contributed by atoms with Crippen molar-refractivity contribution in [3.8, 4) is 5.75 Å². The second-order valence-corrected chi connectivity index (χ2v) is 6.22. The molecule has 0 fully saturated rings. The molecule has 0 atom stereocenters. The summed E-state index contributed by atoms with van der Waals surface area (Å²) in [6.07, 6.45) is 2.90. The molecule has 0 unspecified atom stereocenters. The third kappa shape index (κ3) is 3.35. The number of ether oxygens (including phenoxy) is 1. The summed E-state index contributed by atoms with van der Waals surface area (Å²) in [6, 6.07) is 4.03. The fraction of sp³-hybridized carbons (Fsp3) is 0.357. The molecule has 0 bridgehead atoms. The molecule has 2 rings (SSSR count). The van der Waals surface area contributed by atoms with Gasteiger partial charge in [0.25, 0.3) is 0 Å². The van der Waals surface area contributed by atoms with Crippen LogP contribution in [0.3, 0.4) is 0 Å². The molecule has 6 heteroatoms. The van der Waals surface area contributed by atoms with E-state index in [9.17, 15) is 0 Å².